The Hall–Kier alpha value is -3.46. The normalized spacial score (nSPS) is 15.2. The Kier molecular flexibility index (Phi) is 5.13. The molecule has 1 amide bonds. The first-order valence-electron chi connectivity index (χ1n) is 9.38. The molecule has 30 heavy (non-hydrogen) atoms. The van der Waals surface area contributed by atoms with Crippen LogP contribution >= 0.6 is 0 Å². The van der Waals surface area contributed by atoms with E-state index in [1.165, 1.54) is 6.07 Å². The average molecular weight is 423 g/mol. The van der Waals surface area contributed by atoms with E-state index in [9.17, 15) is 13.2 Å². The molecule has 0 fully saturated rings. The standard InChI is InChI=1S/C21H21N5O3S/c1-15(16-7-9-17(10-8-16)26-12-11-22-14-26)23-20(27)13-25(2)21-18-5-3-4-6-19(18)30(28,29)24-21/h3-12,14-15H,13H2,1-2H3,(H,23,27)/t15-/m1/s1. The van der Waals surface area contributed by atoms with Crippen molar-refractivity contribution < 1.29 is 13.2 Å². The van der Waals surface area contributed by atoms with Crippen molar-refractivity contribution in [3.63, 3.8) is 0 Å². The van der Waals surface area contributed by atoms with Gasteiger partial charge in [0.2, 0.25) is 5.91 Å². The maximum Gasteiger partial charge on any atom is 0.285 e. The van der Waals surface area contributed by atoms with Gasteiger partial charge in [0.15, 0.2) is 5.84 Å². The number of aromatic nitrogens is 2. The number of nitrogens with one attached hydrogen (secondary N) is 1. The summed E-state index contributed by atoms with van der Waals surface area (Å²) in [7, 11) is -2.06. The molecule has 0 saturated heterocycles. The molecule has 3 aromatic rings. The number of amidine groups is 1. The van der Waals surface area contributed by atoms with Crippen molar-refractivity contribution in [2.45, 2.75) is 17.9 Å². The summed E-state index contributed by atoms with van der Waals surface area (Å²) < 4.78 is 30.2. The maximum absolute atomic E-state index is 12.6. The number of benzene rings is 2. The van der Waals surface area contributed by atoms with Gasteiger partial charge in [0.25, 0.3) is 10.0 Å². The minimum absolute atomic E-state index is 0.0137. The molecule has 154 valence electrons. The molecule has 1 N–H and O–H groups in total. The SMILES string of the molecule is C[C@@H](NC(=O)CN(C)C1=NS(=O)(=O)c2ccccc21)c1ccc(-n2ccnc2)cc1. The van der Waals surface area contributed by atoms with E-state index in [4.69, 9.17) is 0 Å². The lowest BCUT2D eigenvalue weighted by Gasteiger charge is -2.21. The zero-order valence-electron chi connectivity index (χ0n) is 16.6. The van der Waals surface area contributed by atoms with E-state index in [0.29, 0.717) is 5.56 Å². The Bertz CT molecular complexity index is 1200. The van der Waals surface area contributed by atoms with Gasteiger partial charge in [0, 0.05) is 30.7 Å². The van der Waals surface area contributed by atoms with Crippen LogP contribution in [0, 0.1) is 0 Å². The molecule has 4 rings (SSSR count). The first kappa shape index (κ1) is 19.8. The molecule has 0 spiro atoms. The van der Waals surface area contributed by atoms with Crippen LogP contribution in [0.1, 0.15) is 24.1 Å². The Morgan fingerprint density at radius 2 is 1.90 bits per heavy atom. The van der Waals surface area contributed by atoms with Crippen molar-refractivity contribution in [1.82, 2.24) is 19.8 Å². The lowest BCUT2D eigenvalue weighted by Crippen LogP contribution is -2.39. The van der Waals surface area contributed by atoms with E-state index < -0.39 is 10.0 Å². The molecule has 1 aliphatic heterocycles. The van der Waals surface area contributed by atoms with Crippen LogP contribution in [0.5, 0.6) is 0 Å². The Balaban J connectivity index is 1.41. The second kappa shape index (κ2) is 7.75. The van der Waals surface area contributed by atoms with E-state index in [1.54, 1.807) is 42.7 Å². The van der Waals surface area contributed by atoms with Crippen LogP contribution in [0.4, 0.5) is 0 Å². The number of hydrogen-bond acceptors (Lipinski definition) is 5. The Morgan fingerprint density at radius 1 is 1.17 bits per heavy atom. The third kappa shape index (κ3) is 3.84. The van der Waals surface area contributed by atoms with Crippen LogP contribution in [0.3, 0.4) is 0 Å². The van der Waals surface area contributed by atoms with E-state index in [1.807, 2.05) is 42.0 Å². The topological polar surface area (TPSA) is 96.7 Å². The minimum Gasteiger partial charge on any atom is -0.349 e. The summed E-state index contributed by atoms with van der Waals surface area (Å²) in [6.07, 6.45) is 5.30. The molecule has 1 aromatic heterocycles. The lowest BCUT2D eigenvalue weighted by atomic mass is 10.1. The van der Waals surface area contributed by atoms with E-state index in [0.717, 1.165) is 11.3 Å². The van der Waals surface area contributed by atoms with Gasteiger partial charge in [-0.05, 0) is 36.8 Å². The molecule has 0 bridgehead atoms. The number of sulfonamides is 1. The number of carbonyl (C=O) groups is 1. The zero-order valence-corrected chi connectivity index (χ0v) is 17.4. The summed E-state index contributed by atoms with van der Waals surface area (Å²) in [5, 5.41) is 2.95. The monoisotopic (exact) mass is 423 g/mol. The van der Waals surface area contributed by atoms with Crippen molar-refractivity contribution in [3.05, 3.63) is 78.4 Å². The van der Waals surface area contributed by atoms with Crippen molar-refractivity contribution in [1.29, 1.82) is 0 Å². The van der Waals surface area contributed by atoms with Gasteiger partial charge in [-0.1, -0.05) is 24.3 Å². The number of nitrogens with zero attached hydrogens (tertiary/aromatic N) is 4. The quantitative estimate of drug-likeness (QED) is 0.678. The van der Waals surface area contributed by atoms with Crippen molar-refractivity contribution >= 4 is 21.8 Å². The van der Waals surface area contributed by atoms with Gasteiger partial charge < -0.3 is 14.8 Å². The fourth-order valence-electron chi connectivity index (χ4n) is 3.37. The molecule has 0 aliphatic carbocycles. The molecule has 1 aliphatic rings. The third-order valence-corrected chi connectivity index (χ3v) is 6.25. The van der Waals surface area contributed by atoms with Gasteiger partial charge >= 0.3 is 0 Å². The van der Waals surface area contributed by atoms with Crippen molar-refractivity contribution in [2.24, 2.45) is 4.40 Å². The number of rotatable bonds is 5. The highest BCUT2D eigenvalue weighted by Gasteiger charge is 2.31. The number of hydrogen-bond donors (Lipinski definition) is 1. The highest BCUT2D eigenvalue weighted by molar-refractivity contribution is 7.90. The number of fused-ring (bicyclic) bond motifs is 1. The van der Waals surface area contributed by atoms with E-state index in [-0.39, 0.29) is 29.2 Å². The molecule has 0 unspecified atom stereocenters. The Morgan fingerprint density at radius 3 is 2.60 bits per heavy atom. The predicted octanol–water partition coefficient (Wildman–Crippen LogP) is 2.13. The molecular formula is C21H21N5O3S. The first-order valence-corrected chi connectivity index (χ1v) is 10.8. The molecule has 8 nitrogen and oxygen atoms in total. The number of imidazole rings is 1. The molecule has 0 radical (unpaired) electrons. The number of likely N-dealkylation sites (N-methyl/N-ethyl adjacent to an activating group) is 1. The van der Waals surface area contributed by atoms with Gasteiger partial charge in [0.05, 0.1) is 18.9 Å². The average Bonchev–Trinajstić information content (AvgIpc) is 3.35. The van der Waals surface area contributed by atoms with E-state index >= 15 is 0 Å². The lowest BCUT2D eigenvalue weighted by molar-refractivity contribution is -0.121. The van der Waals surface area contributed by atoms with Crippen molar-refractivity contribution in [2.75, 3.05) is 13.6 Å². The number of amides is 1. The molecule has 0 saturated carbocycles. The molecule has 1 atom stereocenters. The summed E-state index contributed by atoms with van der Waals surface area (Å²) in [5.74, 6) is 0.0475. The highest BCUT2D eigenvalue weighted by Crippen LogP contribution is 2.26. The van der Waals surface area contributed by atoms with Gasteiger partial charge in [-0.25, -0.2) is 4.98 Å². The summed E-state index contributed by atoms with van der Waals surface area (Å²) in [6, 6.07) is 14.2. The first-order chi connectivity index (χ1) is 14.3. The van der Waals surface area contributed by atoms with Crippen LogP contribution in [0.15, 0.2) is 76.5 Å². The summed E-state index contributed by atoms with van der Waals surface area (Å²) >= 11 is 0. The second-order valence-corrected chi connectivity index (χ2v) is 8.67. The second-order valence-electron chi connectivity index (χ2n) is 7.09. The predicted molar refractivity (Wildman–Crippen MR) is 113 cm³/mol. The summed E-state index contributed by atoms with van der Waals surface area (Å²) in [5.41, 5.74) is 2.45. The largest absolute Gasteiger partial charge is 0.349 e. The summed E-state index contributed by atoms with van der Waals surface area (Å²) in [6.45, 7) is 1.89. The fourth-order valence-corrected chi connectivity index (χ4v) is 4.62. The summed E-state index contributed by atoms with van der Waals surface area (Å²) in [4.78, 5) is 18.3. The smallest absolute Gasteiger partial charge is 0.285 e. The zero-order chi connectivity index (χ0) is 21.3. The van der Waals surface area contributed by atoms with E-state index in [2.05, 4.69) is 14.7 Å². The van der Waals surface area contributed by atoms with Crippen LogP contribution in [-0.4, -0.2) is 48.2 Å². The maximum atomic E-state index is 12.6. The van der Waals surface area contributed by atoms with Crippen molar-refractivity contribution in [3.8, 4) is 5.69 Å². The fraction of sp³-hybridized carbons (Fsp3) is 0.190. The molecule has 2 heterocycles. The van der Waals surface area contributed by atoms with Crippen LogP contribution in [0.2, 0.25) is 0 Å². The third-order valence-electron chi connectivity index (χ3n) is 4.93. The van der Waals surface area contributed by atoms with Gasteiger partial charge in [-0.3, -0.25) is 4.79 Å². The van der Waals surface area contributed by atoms with Crippen LogP contribution < -0.4 is 5.32 Å². The molecule has 2 aromatic carbocycles. The van der Waals surface area contributed by atoms with Crippen LogP contribution in [-0.2, 0) is 14.8 Å². The Labute approximate surface area is 174 Å². The van der Waals surface area contributed by atoms with Gasteiger partial charge in [-0.15, -0.1) is 4.40 Å². The minimum atomic E-state index is -3.72. The van der Waals surface area contributed by atoms with Gasteiger partial charge in [-0.2, -0.15) is 8.42 Å². The van der Waals surface area contributed by atoms with Crippen LogP contribution in [0.25, 0.3) is 5.69 Å². The number of carbonyl (C=O) groups excluding carboxylic acids is 1. The molecule has 9 heteroatoms. The van der Waals surface area contributed by atoms with Gasteiger partial charge in [0.1, 0.15) is 4.90 Å². The highest BCUT2D eigenvalue weighted by atomic mass is 32.2. The molecular weight excluding hydrogens is 402 g/mol.